The molecular formula is C6H4Cl3NO3. The number of hydrogen-bond acceptors (Lipinski definition) is 3. The Hall–Kier alpha value is -0.420. The standard InChI is InChI=1S/C6H4Cl3NO3/c7-2-1-10-3(5(11)12)4(8)6(2,9)13/h1,10,13H,(H,11,12). The summed E-state index contributed by atoms with van der Waals surface area (Å²) < 4.78 is 0. The maximum atomic E-state index is 10.5. The Kier molecular flexibility index (Phi) is 2.77. The molecule has 0 amide bonds. The van der Waals surface area contributed by atoms with Crippen LogP contribution in [0.1, 0.15) is 0 Å². The van der Waals surface area contributed by atoms with Gasteiger partial charge in [0, 0.05) is 6.20 Å². The number of carboxylic acids is 1. The van der Waals surface area contributed by atoms with Crippen molar-refractivity contribution < 1.29 is 15.0 Å². The number of dihydropyridines is 1. The molecule has 0 bridgehead atoms. The van der Waals surface area contributed by atoms with Gasteiger partial charge in [-0.1, -0.05) is 34.8 Å². The first-order valence-electron chi connectivity index (χ1n) is 3.05. The summed E-state index contributed by atoms with van der Waals surface area (Å²) in [5.74, 6) is -1.33. The topological polar surface area (TPSA) is 69.6 Å². The number of alkyl halides is 1. The highest BCUT2D eigenvalue weighted by molar-refractivity contribution is 6.47. The van der Waals surface area contributed by atoms with Crippen LogP contribution in [0.5, 0.6) is 0 Å². The monoisotopic (exact) mass is 243 g/mol. The zero-order valence-electron chi connectivity index (χ0n) is 6.01. The zero-order valence-corrected chi connectivity index (χ0v) is 8.28. The molecule has 0 saturated carbocycles. The molecular weight excluding hydrogens is 240 g/mol. The number of carboxylic acid groups (broad SMARTS) is 1. The SMILES string of the molecule is O=C(O)C1=C(Cl)C(O)(Cl)C(Cl)=CN1. The van der Waals surface area contributed by atoms with E-state index in [4.69, 9.17) is 39.9 Å². The second-order valence-corrected chi connectivity index (χ2v) is 3.59. The average molecular weight is 244 g/mol. The van der Waals surface area contributed by atoms with Gasteiger partial charge in [-0.2, -0.15) is 0 Å². The smallest absolute Gasteiger partial charge is 0.353 e. The van der Waals surface area contributed by atoms with E-state index in [2.05, 4.69) is 5.32 Å². The highest BCUT2D eigenvalue weighted by Gasteiger charge is 2.39. The van der Waals surface area contributed by atoms with Crippen molar-refractivity contribution >= 4 is 40.8 Å². The van der Waals surface area contributed by atoms with E-state index < -0.39 is 21.8 Å². The summed E-state index contributed by atoms with van der Waals surface area (Å²) in [6.45, 7) is 0. The van der Waals surface area contributed by atoms with Crippen molar-refractivity contribution in [3.63, 3.8) is 0 Å². The lowest BCUT2D eigenvalue weighted by Gasteiger charge is -2.25. The van der Waals surface area contributed by atoms with Crippen LogP contribution in [0.15, 0.2) is 22.0 Å². The molecule has 0 aromatic carbocycles. The zero-order chi connectivity index (χ0) is 10.2. The van der Waals surface area contributed by atoms with Gasteiger partial charge in [0.1, 0.15) is 10.7 Å². The summed E-state index contributed by atoms with van der Waals surface area (Å²) in [6, 6.07) is 0. The molecule has 0 fully saturated rings. The van der Waals surface area contributed by atoms with Crippen LogP contribution in [0.25, 0.3) is 0 Å². The Morgan fingerprint density at radius 3 is 2.54 bits per heavy atom. The predicted molar refractivity (Wildman–Crippen MR) is 48.4 cm³/mol. The van der Waals surface area contributed by atoms with Crippen LogP contribution in [0.4, 0.5) is 0 Å². The lowest BCUT2D eigenvalue weighted by atomic mass is 10.2. The van der Waals surface area contributed by atoms with E-state index in [1.54, 1.807) is 0 Å². The molecule has 1 unspecified atom stereocenters. The van der Waals surface area contributed by atoms with E-state index in [1.807, 2.05) is 0 Å². The molecule has 72 valence electrons. The largest absolute Gasteiger partial charge is 0.477 e. The van der Waals surface area contributed by atoms with E-state index in [1.165, 1.54) is 0 Å². The second-order valence-electron chi connectivity index (χ2n) is 2.25. The molecule has 0 aliphatic carbocycles. The first-order valence-corrected chi connectivity index (χ1v) is 4.18. The number of aliphatic carboxylic acids is 1. The van der Waals surface area contributed by atoms with E-state index in [9.17, 15) is 9.90 Å². The first-order chi connectivity index (χ1) is 5.87. The summed E-state index contributed by atoms with van der Waals surface area (Å²) >= 11 is 16.4. The molecule has 1 rings (SSSR count). The molecule has 0 spiro atoms. The minimum atomic E-state index is -2.15. The number of halogens is 3. The van der Waals surface area contributed by atoms with Gasteiger partial charge in [0.25, 0.3) is 0 Å². The summed E-state index contributed by atoms with van der Waals surface area (Å²) in [6.07, 6.45) is 1.06. The van der Waals surface area contributed by atoms with Crippen LogP contribution < -0.4 is 5.32 Å². The fraction of sp³-hybridized carbons (Fsp3) is 0.167. The maximum absolute atomic E-state index is 10.5. The fourth-order valence-electron chi connectivity index (χ4n) is 0.721. The number of rotatable bonds is 1. The maximum Gasteiger partial charge on any atom is 0.353 e. The van der Waals surface area contributed by atoms with Crippen molar-refractivity contribution in [3.8, 4) is 0 Å². The highest BCUT2D eigenvalue weighted by atomic mass is 35.5. The van der Waals surface area contributed by atoms with Crippen LogP contribution >= 0.6 is 34.8 Å². The van der Waals surface area contributed by atoms with Crippen LogP contribution in [-0.2, 0) is 4.79 Å². The van der Waals surface area contributed by atoms with Crippen molar-refractivity contribution in [2.75, 3.05) is 0 Å². The van der Waals surface area contributed by atoms with Gasteiger partial charge in [-0.05, 0) is 0 Å². The van der Waals surface area contributed by atoms with Crippen LogP contribution in [0.2, 0.25) is 0 Å². The van der Waals surface area contributed by atoms with E-state index >= 15 is 0 Å². The predicted octanol–water partition coefficient (Wildman–Crippen LogP) is 1.13. The van der Waals surface area contributed by atoms with Crippen LogP contribution in [-0.4, -0.2) is 21.2 Å². The normalized spacial score (nSPS) is 28.2. The third-order valence-corrected chi connectivity index (χ3v) is 2.82. The minimum Gasteiger partial charge on any atom is -0.477 e. The Morgan fingerprint density at radius 1 is 1.54 bits per heavy atom. The molecule has 0 aromatic heterocycles. The summed E-state index contributed by atoms with van der Waals surface area (Å²) in [5, 5.41) is 17.5. The van der Waals surface area contributed by atoms with Crippen LogP contribution in [0.3, 0.4) is 0 Å². The Morgan fingerprint density at radius 2 is 2.08 bits per heavy atom. The van der Waals surface area contributed by atoms with E-state index in [0.29, 0.717) is 0 Å². The highest BCUT2D eigenvalue weighted by Crippen LogP contribution is 2.38. The van der Waals surface area contributed by atoms with Gasteiger partial charge in [-0.25, -0.2) is 4.79 Å². The number of hydrogen-bond donors (Lipinski definition) is 3. The van der Waals surface area contributed by atoms with Gasteiger partial charge in [0.15, 0.2) is 0 Å². The molecule has 1 atom stereocenters. The van der Waals surface area contributed by atoms with Crippen molar-refractivity contribution in [2.45, 2.75) is 5.06 Å². The molecule has 1 aliphatic heterocycles. The minimum absolute atomic E-state index is 0.191. The van der Waals surface area contributed by atoms with Crippen LogP contribution in [0, 0.1) is 0 Å². The molecule has 7 heteroatoms. The summed E-state index contributed by atoms with van der Waals surface area (Å²) in [5.41, 5.74) is -0.399. The Bertz CT molecular complexity index is 321. The lowest BCUT2D eigenvalue weighted by molar-refractivity contribution is -0.133. The molecule has 1 heterocycles. The van der Waals surface area contributed by atoms with Crippen molar-refractivity contribution in [1.29, 1.82) is 0 Å². The van der Waals surface area contributed by atoms with Crippen molar-refractivity contribution in [1.82, 2.24) is 5.32 Å². The van der Waals surface area contributed by atoms with Gasteiger partial charge in [-0.3, -0.25) is 0 Å². The third-order valence-electron chi connectivity index (χ3n) is 1.38. The Balaban J connectivity index is 3.17. The van der Waals surface area contributed by atoms with E-state index in [-0.39, 0.29) is 5.03 Å². The van der Waals surface area contributed by atoms with Gasteiger partial charge in [0.2, 0.25) is 5.06 Å². The van der Waals surface area contributed by atoms with Gasteiger partial charge < -0.3 is 15.5 Å². The van der Waals surface area contributed by atoms with Crippen molar-refractivity contribution in [2.24, 2.45) is 0 Å². The Labute approximate surface area is 88.4 Å². The molecule has 0 aromatic rings. The third kappa shape index (κ3) is 1.76. The van der Waals surface area contributed by atoms with Gasteiger partial charge >= 0.3 is 5.97 Å². The second kappa shape index (κ2) is 3.38. The van der Waals surface area contributed by atoms with E-state index in [0.717, 1.165) is 6.20 Å². The first kappa shape index (κ1) is 10.7. The van der Waals surface area contributed by atoms with Crippen molar-refractivity contribution in [3.05, 3.63) is 22.0 Å². The number of nitrogens with one attached hydrogen (secondary N) is 1. The molecule has 13 heavy (non-hydrogen) atoms. The summed E-state index contributed by atoms with van der Waals surface area (Å²) in [4.78, 5) is 10.5. The van der Waals surface area contributed by atoms with Gasteiger partial charge in [-0.15, -0.1) is 0 Å². The molecule has 0 saturated heterocycles. The number of aliphatic hydroxyl groups is 1. The average Bonchev–Trinajstić information content (AvgIpc) is 2.01. The molecule has 1 aliphatic rings. The summed E-state index contributed by atoms with van der Waals surface area (Å²) in [7, 11) is 0. The fourth-order valence-corrected chi connectivity index (χ4v) is 1.30. The lowest BCUT2D eigenvalue weighted by Crippen LogP contribution is -2.33. The number of carbonyl (C=O) groups is 1. The quantitative estimate of drug-likeness (QED) is 0.605. The molecule has 0 radical (unpaired) electrons. The van der Waals surface area contributed by atoms with Gasteiger partial charge in [0.05, 0.1) is 5.03 Å². The molecule has 4 nitrogen and oxygen atoms in total. The molecule has 3 N–H and O–H groups in total.